The number of nitrogens with one attached hydrogen (secondary N) is 3. The van der Waals surface area contributed by atoms with Crippen molar-refractivity contribution in [2.45, 2.75) is 38.1 Å². The SMILES string of the molecule is CC(C)(Nc1cc(Nc2cc(C3CC3)[nH]n2)ncn1)c1ccc(F)cc1. The maximum Gasteiger partial charge on any atom is 0.153 e. The molecule has 0 bridgehead atoms. The highest BCUT2D eigenvalue weighted by Gasteiger charge is 2.25. The summed E-state index contributed by atoms with van der Waals surface area (Å²) in [7, 11) is 0. The Morgan fingerprint density at radius 2 is 1.77 bits per heavy atom. The summed E-state index contributed by atoms with van der Waals surface area (Å²) in [5.41, 5.74) is 1.72. The molecule has 1 aromatic carbocycles. The highest BCUT2D eigenvalue weighted by molar-refractivity contribution is 5.56. The average Bonchev–Trinajstić information content (AvgIpc) is 3.35. The minimum atomic E-state index is -0.412. The van der Waals surface area contributed by atoms with Gasteiger partial charge in [-0.05, 0) is 44.4 Å². The third-order valence-electron chi connectivity index (χ3n) is 4.54. The van der Waals surface area contributed by atoms with Crippen LogP contribution in [0.15, 0.2) is 42.7 Å². The zero-order chi connectivity index (χ0) is 18.1. The molecule has 1 aliphatic carbocycles. The number of aromatic nitrogens is 4. The lowest BCUT2D eigenvalue weighted by Gasteiger charge is -2.27. The lowest BCUT2D eigenvalue weighted by atomic mass is 9.94. The van der Waals surface area contributed by atoms with Crippen LogP contribution in [0.2, 0.25) is 0 Å². The van der Waals surface area contributed by atoms with E-state index < -0.39 is 5.54 Å². The average molecular weight is 352 g/mol. The van der Waals surface area contributed by atoms with E-state index in [9.17, 15) is 4.39 Å². The first-order chi connectivity index (χ1) is 12.5. The number of hydrogen-bond donors (Lipinski definition) is 3. The predicted molar refractivity (Wildman–Crippen MR) is 98.9 cm³/mol. The van der Waals surface area contributed by atoms with Crippen molar-refractivity contribution in [2.24, 2.45) is 0 Å². The van der Waals surface area contributed by atoms with E-state index in [1.54, 1.807) is 12.1 Å². The first kappa shape index (κ1) is 16.5. The van der Waals surface area contributed by atoms with Crippen LogP contribution in [0.25, 0.3) is 0 Å². The maximum absolute atomic E-state index is 13.2. The van der Waals surface area contributed by atoms with E-state index in [2.05, 4.69) is 30.8 Å². The van der Waals surface area contributed by atoms with Crippen LogP contribution in [-0.2, 0) is 5.54 Å². The van der Waals surface area contributed by atoms with E-state index >= 15 is 0 Å². The van der Waals surface area contributed by atoms with E-state index in [0.29, 0.717) is 17.6 Å². The Hall–Kier alpha value is -2.96. The zero-order valence-electron chi connectivity index (χ0n) is 14.8. The Labute approximate surface area is 151 Å². The van der Waals surface area contributed by atoms with Gasteiger partial charge in [0.05, 0.1) is 5.54 Å². The first-order valence-electron chi connectivity index (χ1n) is 8.68. The Morgan fingerprint density at radius 3 is 2.50 bits per heavy atom. The molecule has 0 saturated heterocycles. The van der Waals surface area contributed by atoms with Crippen molar-refractivity contribution >= 4 is 17.5 Å². The molecule has 1 fully saturated rings. The Balaban J connectivity index is 1.48. The third kappa shape index (κ3) is 3.66. The molecule has 1 aliphatic rings. The smallest absolute Gasteiger partial charge is 0.153 e. The number of nitrogens with zero attached hydrogens (tertiary/aromatic N) is 3. The van der Waals surface area contributed by atoms with Crippen molar-refractivity contribution in [3.8, 4) is 0 Å². The molecule has 0 radical (unpaired) electrons. The van der Waals surface area contributed by atoms with Crippen LogP contribution < -0.4 is 10.6 Å². The van der Waals surface area contributed by atoms with Gasteiger partial charge < -0.3 is 10.6 Å². The number of rotatable bonds is 6. The molecule has 2 aromatic heterocycles. The van der Waals surface area contributed by atoms with Crippen LogP contribution in [-0.4, -0.2) is 20.2 Å². The van der Waals surface area contributed by atoms with Crippen LogP contribution >= 0.6 is 0 Å². The van der Waals surface area contributed by atoms with Crippen molar-refractivity contribution in [2.75, 3.05) is 10.6 Å². The highest BCUT2D eigenvalue weighted by Crippen LogP contribution is 2.39. The Morgan fingerprint density at radius 1 is 1.04 bits per heavy atom. The molecule has 3 N–H and O–H groups in total. The van der Waals surface area contributed by atoms with Crippen LogP contribution in [0.3, 0.4) is 0 Å². The summed E-state index contributed by atoms with van der Waals surface area (Å²) in [6.07, 6.45) is 3.95. The fourth-order valence-electron chi connectivity index (χ4n) is 2.89. The van der Waals surface area contributed by atoms with Crippen molar-refractivity contribution in [1.29, 1.82) is 0 Å². The summed E-state index contributed by atoms with van der Waals surface area (Å²) in [5.74, 6) is 2.45. The van der Waals surface area contributed by atoms with E-state index in [4.69, 9.17) is 0 Å². The standard InChI is InChI=1S/C19H21FN6/c1-19(2,13-5-7-14(20)8-6-13)24-17-10-16(21-11-22-17)23-18-9-15(25-26-18)12-3-4-12/h5-12H,3-4H2,1-2H3,(H3,21,22,23,24,25,26). The van der Waals surface area contributed by atoms with Gasteiger partial charge in [-0.25, -0.2) is 14.4 Å². The number of H-pyrrole nitrogens is 1. The van der Waals surface area contributed by atoms with Crippen LogP contribution in [0.5, 0.6) is 0 Å². The van der Waals surface area contributed by atoms with Crippen molar-refractivity contribution < 1.29 is 4.39 Å². The normalized spacial score (nSPS) is 14.3. The Bertz CT molecular complexity index is 898. The van der Waals surface area contributed by atoms with Crippen molar-refractivity contribution in [3.63, 3.8) is 0 Å². The summed E-state index contributed by atoms with van der Waals surface area (Å²) in [6, 6.07) is 10.3. The largest absolute Gasteiger partial charge is 0.361 e. The summed E-state index contributed by atoms with van der Waals surface area (Å²) in [6.45, 7) is 4.04. The second-order valence-electron chi connectivity index (χ2n) is 7.15. The molecule has 0 amide bonds. The van der Waals surface area contributed by atoms with Gasteiger partial charge in [0.25, 0.3) is 0 Å². The molecule has 1 saturated carbocycles. The highest BCUT2D eigenvalue weighted by atomic mass is 19.1. The van der Waals surface area contributed by atoms with Gasteiger partial charge in [0, 0.05) is 23.7 Å². The predicted octanol–water partition coefficient (Wildman–Crippen LogP) is 4.31. The number of hydrogen-bond acceptors (Lipinski definition) is 5. The van der Waals surface area contributed by atoms with Gasteiger partial charge in [-0.2, -0.15) is 5.10 Å². The zero-order valence-corrected chi connectivity index (χ0v) is 14.8. The summed E-state index contributed by atoms with van der Waals surface area (Å²) < 4.78 is 13.2. The summed E-state index contributed by atoms with van der Waals surface area (Å²) in [4.78, 5) is 8.54. The molecule has 4 rings (SSSR count). The molecule has 26 heavy (non-hydrogen) atoms. The minimum absolute atomic E-state index is 0.248. The van der Waals surface area contributed by atoms with Crippen LogP contribution in [0.1, 0.15) is 43.9 Å². The van der Waals surface area contributed by atoms with Gasteiger partial charge in [0.2, 0.25) is 0 Å². The molecule has 2 heterocycles. The van der Waals surface area contributed by atoms with E-state index in [-0.39, 0.29) is 5.82 Å². The molecule has 0 unspecified atom stereocenters. The topological polar surface area (TPSA) is 78.5 Å². The fraction of sp³-hybridized carbons (Fsp3) is 0.316. The minimum Gasteiger partial charge on any atom is -0.361 e. The maximum atomic E-state index is 13.2. The first-order valence-corrected chi connectivity index (χ1v) is 8.68. The number of aromatic amines is 1. The van der Waals surface area contributed by atoms with Gasteiger partial charge in [0.1, 0.15) is 23.8 Å². The van der Waals surface area contributed by atoms with E-state index in [0.717, 1.165) is 17.1 Å². The molecule has 3 aromatic rings. The molecule has 0 aliphatic heterocycles. The van der Waals surface area contributed by atoms with Gasteiger partial charge >= 0.3 is 0 Å². The van der Waals surface area contributed by atoms with Crippen molar-refractivity contribution in [1.82, 2.24) is 20.2 Å². The third-order valence-corrected chi connectivity index (χ3v) is 4.54. The monoisotopic (exact) mass is 352 g/mol. The molecule has 0 spiro atoms. The number of anilines is 3. The van der Waals surface area contributed by atoms with Gasteiger partial charge in [0.15, 0.2) is 5.82 Å². The van der Waals surface area contributed by atoms with Crippen LogP contribution in [0, 0.1) is 5.82 Å². The van der Waals surface area contributed by atoms with Gasteiger partial charge in [-0.1, -0.05) is 12.1 Å². The fourth-order valence-corrected chi connectivity index (χ4v) is 2.89. The second-order valence-corrected chi connectivity index (χ2v) is 7.15. The van der Waals surface area contributed by atoms with Crippen molar-refractivity contribution in [3.05, 3.63) is 59.8 Å². The van der Waals surface area contributed by atoms with Crippen LogP contribution in [0.4, 0.5) is 21.8 Å². The number of halogens is 1. The van der Waals surface area contributed by atoms with E-state index in [1.807, 2.05) is 26.0 Å². The summed E-state index contributed by atoms with van der Waals surface area (Å²) in [5, 5.41) is 13.9. The molecular formula is C19H21FN6. The van der Waals surface area contributed by atoms with E-state index in [1.165, 1.54) is 31.3 Å². The molecule has 0 atom stereocenters. The lowest BCUT2D eigenvalue weighted by Crippen LogP contribution is -2.28. The number of benzene rings is 1. The molecule has 134 valence electrons. The quantitative estimate of drug-likeness (QED) is 0.616. The lowest BCUT2D eigenvalue weighted by molar-refractivity contribution is 0.595. The molecular weight excluding hydrogens is 331 g/mol. The second kappa shape index (κ2) is 6.40. The molecule has 6 nitrogen and oxygen atoms in total. The van der Waals surface area contributed by atoms with Gasteiger partial charge in [-0.3, -0.25) is 5.10 Å². The van der Waals surface area contributed by atoms with Gasteiger partial charge in [-0.15, -0.1) is 0 Å². The Kier molecular flexibility index (Phi) is 4.06. The molecule has 7 heteroatoms. The summed E-state index contributed by atoms with van der Waals surface area (Å²) >= 11 is 0.